The van der Waals surface area contributed by atoms with Gasteiger partial charge >= 0.3 is 0 Å². The maximum absolute atomic E-state index is 14.4. The summed E-state index contributed by atoms with van der Waals surface area (Å²) in [5, 5.41) is 7.77. The quantitative estimate of drug-likeness (QED) is 0.709. The van der Waals surface area contributed by atoms with Crippen LogP contribution in [0.15, 0.2) is 36.7 Å². The van der Waals surface area contributed by atoms with Gasteiger partial charge in [0.1, 0.15) is 5.69 Å². The number of nitrogens with zero attached hydrogens (tertiary/aromatic N) is 6. The summed E-state index contributed by atoms with van der Waals surface area (Å²) in [6.07, 6.45) is 4.46. The van der Waals surface area contributed by atoms with Crippen LogP contribution in [0.1, 0.15) is 31.0 Å². The van der Waals surface area contributed by atoms with E-state index in [1.807, 2.05) is 29.2 Å². The van der Waals surface area contributed by atoms with E-state index < -0.39 is 5.92 Å². The van der Waals surface area contributed by atoms with Gasteiger partial charge in [0.05, 0.1) is 23.8 Å². The van der Waals surface area contributed by atoms with Gasteiger partial charge in [-0.05, 0) is 31.9 Å². The zero-order valence-electron chi connectivity index (χ0n) is 14.8. The minimum Gasteiger partial charge on any atom is -0.338 e. The number of aromatic nitrogens is 5. The van der Waals surface area contributed by atoms with Gasteiger partial charge in [-0.15, -0.1) is 5.10 Å². The SMILES string of the molecule is C[C@H]1CCN1c1nc(-c2ccc(-n3ccnn3)cc2)c2c(n1)C(F)(F)CC2. The first-order valence-corrected chi connectivity index (χ1v) is 9.06. The van der Waals surface area contributed by atoms with Crippen LogP contribution in [0.2, 0.25) is 0 Å². The fourth-order valence-electron chi connectivity index (χ4n) is 3.71. The van der Waals surface area contributed by atoms with Crippen molar-refractivity contribution in [2.75, 3.05) is 11.4 Å². The van der Waals surface area contributed by atoms with Crippen LogP contribution in [0.3, 0.4) is 0 Å². The van der Waals surface area contributed by atoms with Gasteiger partial charge in [0.15, 0.2) is 0 Å². The Kier molecular flexibility index (Phi) is 3.50. The number of anilines is 1. The minimum absolute atomic E-state index is 0.109. The fraction of sp³-hybridized carbons (Fsp3) is 0.368. The van der Waals surface area contributed by atoms with Crippen LogP contribution in [-0.4, -0.2) is 37.5 Å². The highest BCUT2D eigenvalue weighted by Gasteiger charge is 2.44. The molecule has 8 heteroatoms. The Bertz CT molecular complexity index is 984. The van der Waals surface area contributed by atoms with Gasteiger partial charge in [-0.25, -0.2) is 14.6 Å². The Balaban J connectivity index is 1.61. The molecular weight excluding hydrogens is 350 g/mol. The molecular formula is C19H18F2N6. The number of fused-ring (bicyclic) bond motifs is 1. The fourth-order valence-corrected chi connectivity index (χ4v) is 3.71. The number of halogens is 2. The Labute approximate surface area is 154 Å². The third-order valence-corrected chi connectivity index (χ3v) is 5.44. The monoisotopic (exact) mass is 368 g/mol. The van der Waals surface area contributed by atoms with E-state index in [4.69, 9.17) is 4.98 Å². The molecule has 2 aliphatic rings. The second kappa shape index (κ2) is 5.80. The van der Waals surface area contributed by atoms with E-state index in [0.29, 0.717) is 23.6 Å². The summed E-state index contributed by atoms with van der Waals surface area (Å²) in [5.74, 6) is -2.49. The molecule has 5 rings (SSSR count). The van der Waals surface area contributed by atoms with E-state index in [2.05, 4.69) is 22.2 Å². The molecule has 0 saturated carbocycles. The number of benzene rings is 1. The average Bonchev–Trinajstić information content (AvgIpc) is 3.29. The average molecular weight is 368 g/mol. The van der Waals surface area contributed by atoms with Crippen molar-refractivity contribution in [1.82, 2.24) is 25.0 Å². The minimum atomic E-state index is -2.89. The van der Waals surface area contributed by atoms with Gasteiger partial charge in [0.25, 0.3) is 5.92 Å². The molecule has 0 bridgehead atoms. The maximum Gasteiger partial charge on any atom is 0.290 e. The van der Waals surface area contributed by atoms with Crippen LogP contribution in [0.25, 0.3) is 16.9 Å². The van der Waals surface area contributed by atoms with E-state index in [0.717, 1.165) is 24.2 Å². The van der Waals surface area contributed by atoms with Crippen molar-refractivity contribution < 1.29 is 8.78 Å². The predicted molar refractivity (Wildman–Crippen MR) is 96.0 cm³/mol. The number of alkyl halides is 2. The van der Waals surface area contributed by atoms with Crippen molar-refractivity contribution in [1.29, 1.82) is 0 Å². The highest BCUT2D eigenvalue weighted by molar-refractivity contribution is 5.68. The van der Waals surface area contributed by atoms with Crippen LogP contribution in [0, 0.1) is 0 Å². The molecule has 1 aromatic carbocycles. The van der Waals surface area contributed by atoms with E-state index in [1.165, 1.54) is 0 Å². The predicted octanol–water partition coefficient (Wildman–Crippen LogP) is 3.36. The second-order valence-corrected chi connectivity index (χ2v) is 7.13. The maximum atomic E-state index is 14.4. The summed E-state index contributed by atoms with van der Waals surface area (Å²) in [4.78, 5) is 10.9. The van der Waals surface area contributed by atoms with Crippen LogP contribution in [0.4, 0.5) is 14.7 Å². The zero-order chi connectivity index (χ0) is 18.6. The van der Waals surface area contributed by atoms with Gasteiger partial charge in [-0.3, -0.25) is 0 Å². The van der Waals surface area contributed by atoms with Crippen molar-refractivity contribution in [2.24, 2.45) is 0 Å². The summed E-state index contributed by atoms with van der Waals surface area (Å²) in [6.45, 7) is 2.86. The molecule has 0 amide bonds. The van der Waals surface area contributed by atoms with Crippen molar-refractivity contribution in [3.63, 3.8) is 0 Å². The third kappa shape index (κ3) is 2.58. The van der Waals surface area contributed by atoms with E-state index >= 15 is 0 Å². The van der Waals surface area contributed by atoms with Crippen molar-refractivity contribution >= 4 is 5.95 Å². The summed E-state index contributed by atoms with van der Waals surface area (Å²) in [6, 6.07) is 7.83. The Morgan fingerprint density at radius 3 is 2.59 bits per heavy atom. The molecule has 0 radical (unpaired) electrons. The molecule has 6 nitrogen and oxygen atoms in total. The molecule has 1 aliphatic carbocycles. The van der Waals surface area contributed by atoms with Gasteiger partial charge < -0.3 is 4.90 Å². The van der Waals surface area contributed by atoms with Crippen molar-refractivity contribution in [2.45, 2.75) is 38.2 Å². The number of rotatable bonds is 3. The van der Waals surface area contributed by atoms with E-state index in [9.17, 15) is 8.78 Å². The van der Waals surface area contributed by atoms with Crippen LogP contribution in [-0.2, 0) is 12.3 Å². The molecule has 138 valence electrons. The Morgan fingerprint density at radius 2 is 1.96 bits per heavy atom. The molecule has 3 aromatic rings. The van der Waals surface area contributed by atoms with Crippen LogP contribution in [0.5, 0.6) is 0 Å². The lowest BCUT2D eigenvalue weighted by Gasteiger charge is -2.39. The van der Waals surface area contributed by atoms with E-state index in [1.54, 1.807) is 17.1 Å². The van der Waals surface area contributed by atoms with Gasteiger partial charge in [-0.1, -0.05) is 17.3 Å². The Morgan fingerprint density at radius 1 is 1.15 bits per heavy atom. The number of hydrogen-bond donors (Lipinski definition) is 0. The smallest absolute Gasteiger partial charge is 0.290 e. The molecule has 1 atom stereocenters. The summed E-state index contributed by atoms with van der Waals surface area (Å²) in [7, 11) is 0. The zero-order valence-corrected chi connectivity index (χ0v) is 14.8. The van der Waals surface area contributed by atoms with E-state index in [-0.39, 0.29) is 18.2 Å². The molecule has 0 unspecified atom stereocenters. The molecule has 0 N–H and O–H groups in total. The van der Waals surface area contributed by atoms with Gasteiger partial charge in [0.2, 0.25) is 5.95 Å². The van der Waals surface area contributed by atoms with Crippen molar-refractivity contribution in [3.05, 3.63) is 47.9 Å². The summed E-state index contributed by atoms with van der Waals surface area (Å²) < 4.78 is 30.5. The lowest BCUT2D eigenvalue weighted by Crippen LogP contribution is -2.47. The standard InChI is InChI=1S/C19H18F2N6/c1-12-7-10-26(12)18-23-16(15-6-8-19(20,21)17(15)24-18)13-2-4-14(5-3-13)27-11-9-22-25-27/h2-5,9,11-12H,6-8,10H2,1H3/t12-/m0/s1. The molecule has 2 aromatic heterocycles. The second-order valence-electron chi connectivity index (χ2n) is 7.13. The number of hydrogen-bond acceptors (Lipinski definition) is 5. The van der Waals surface area contributed by atoms with Crippen LogP contribution < -0.4 is 4.90 Å². The molecule has 1 aliphatic heterocycles. The third-order valence-electron chi connectivity index (χ3n) is 5.44. The topological polar surface area (TPSA) is 59.7 Å². The summed E-state index contributed by atoms with van der Waals surface area (Å²) in [5.41, 5.74) is 2.72. The first kappa shape index (κ1) is 16.3. The largest absolute Gasteiger partial charge is 0.338 e. The van der Waals surface area contributed by atoms with Crippen molar-refractivity contribution in [3.8, 4) is 16.9 Å². The normalized spacial score (nSPS) is 20.4. The molecule has 27 heavy (non-hydrogen) atoms. The first-order valence-electron chi connectivity index (χ1n) is 9.06. The summed E-state index contributed by atoms with van der Waals surface area (Å²) >= 11 is 0. The highest BCUT2D eigenvalue weighted by Crippen LogP contribution is 2.44. The molecule has 1 saturated heterocycles. The molecule has 0 spiro atoms. The lowest BCUT2D eigenvalue weighted by atomic mass is 10.0. The van der Waals surface area contributed by atoms with Gasteiger partial charge in [-0.2, -0.15) is 8.78 Å². The molecule has 1 fully saturated rings. The molecule has 3 heterocycles. The highest BCUT2D eigenvalue weighted by atomic mass is 19.3. The lowest BCUT2D eigenvalue weighted by molar-refractivity contribution is -0.00595. The van der Waals surface area contributed by atoms with Crippen LogP contribution >= 0.6 is 0 Å². The Hall–Kier alpha value is -2.90. The van der Waals surface area contributed by atoms with Gasteiger partial charge in [0, 0.05) is 30.1 Å². The first-order chi connectivity index (χ1) is 13.0.